The predicted octanol–water partition coefficient (Wildman–Crippen LogP) is 4.47. The van der Waals surface area contributed by atoms with Crippen LogP contribution in [0.5, 0.6) is 11.5 Å². The summed E-state index contributed by atoms with van der Waals surface area (Å²) >= 11 is 0. The van der Waals surface area contributed by atoms with Crippen LogP contribution in [0.25, 0.3) is 22.2 Å². The zero-order valence-corrected chi connectivity index (χ0v) is 17.5. The third kappa shape index (κ3) is 3.46. The van der Waals surface area contributed by atoms with E-state index in [1.54, 1.807) is 14.2 Å². The fraction of sp³-hybridized carbons (Fsp3) is 0.409. The van der Waals surface area contributed by atoms with Crippen LogP contribution in [0.1, 0.15) is 26.7 Å². The number of hydrogen-bond donors (Lipinski definition) is 1. The number of ether oxygens (including phenoxy) is 2. The van der Waals surface area contributed by atoms with Gasteiger partial charge in [-0.2, -0.15) is 0 Å². The largest absolute Gasteiger partial charge is 0.497 e. The van der Waals surface area contributed by atoms with Crippen molar-refractivity contribution in [2.45, 2.75) is 26.7 Å². The lowest BCUT2D eigenvalue weighted by Gasteiger charge is -2.25. The molecule has 0 bridgehead atoms. The van der Waals surface area contributed by atoms with Gasteiger partial charge in [-0.3, -0.25) is 0 Å². The van der Waals surface area contributed by atoms with Gasteiger partial charge in [0, 0.05) is 37.3 Å². The van der Waals surface area contributed by atoms with E-state index in [-0.39, 0.29) is 0 Å². The summed E-state index contributed by atoms with van der Waals surface area (Å²) in [7, 11) is 5.29. The molecule has 6 heteroatoms. The summed E-state index contributed by atoms with van der Waals surface area (Å²) in [5.41, 5.74) is 11.3. The molecule has 1 aromatic heterocycles. The molecule has 0 atom stereocenters. The van der Waals surface area contributed by atoms with Crippen molar-refractivity contribution >= 4 is 22.7 Å². The highest BCUT2D eigenvalue weighted by molar-refractivity contribution is 6.02. The molecular formula is C22H30N4O2. The second-order valence-electron chi connectivity index (χ2n) is 6.91. The zero-order chi connectivity index (χ0) is 20.3. The Balaban J connectivity index is 2.25. The van der Waals surface area contributed by atoms with Gasteiger partial charge in [0.2, 0.25) is 5.95 Å². The van der Waals surface area contributed by atoms with E-state index in [0.717, 1.165) is 59.6 Å². The molecule has 2 N–H and O–H groups in total. The van der Waals surface area contributed by atoms with E-state index in [2.05, 4.69) is 30.9 Å². The number of fused-ring (bicyclic) bond motifs is 1. The van der Waals surface area contributed by atoms with Gasteiger partial charge in [0.05, 0.1) is 25.4 Å². The molecular weight excluding hydrogens is 352 g/mol. The average Bonchev–Trinajstić information content (AvgIpc) is 3.01. The second kappa shape index (κ2) is 8.42. The first kappa shape index (κ1) is 19.9. The Hall–Kier alpha value is -2.89. The van der Waals surface area contributed by atoms with Crippen LogP contribution in [0, 0.1) is 0 Å². The number of anilines is 2. The molecule has 2 aromatic carbocycles. The van der Waals surface area contributed by atoms with Crippen LogP contribution < -0.4 is 20.1 Å². The summed E-state index contributed by atoms with van der Waals surface area (Å²) in [6, 6.07) is 10.1. The molecule has 0 amide bonds. The van der Waals surface area contributed by atoms with Crippen molar-refractivity contribution < 1.29 is 9.47 Å². The molecule has 28 heavy (non-hydrogen) atoms. The van der Waals surface area contributed by atoms with Crippen molar-refractivity contribution in [1.82, 2.24) is 9.55 Å². The predicted molar refractivity (Wildman–Crippen MR) is 116 cm³/mol. The summed E-state index contributed by atoms with van der Waals surface area (Å²) < 4.78 is 12.9. The highest BCUT2D eigenvalue weighted by Gasteiger charge is 2.20. The standard InChI is InChI=1S/C22H30N4O2/c1-6-12-26(13-7-2)18-11-10-17(20-21(18)25(3)22(23)24-20)16-9-8-15(27-4)14-19(16)28-5/h8-11,14H,6-7,12-13H2,1-5H3,(H2,23,24). The van der Waals surface area contributed by atoms with Crippen LogP contribution in [0.2, 0.25) is 0 Å². The highest BCUT2D eigenvalue weighted by atomic mass is 16.5. The maximum Gasteiger partial charge on any atom is 0.201 e. The molecule has 0 spiro atoms. The minimum Gasteiger partial charge on any atom is -0.497 e. The fourth-order valence-corrected chi connectivity index (χ4v) is 3.70. The zero-order valence-electron chi connectivity index (χ0n) is 17.5. The molecule has 0 radical (unpaired) electrons. The van der Waals surface area contributed by atoms with Crippen molar-refractivity contribution in [3.63, 3.8) is 0 Å². The third-order valence-corrected chi connectivity index (χ3v) is 5.06. The molecule has 0 saturated carbocycles. The summed E-state index contributed by atoms with van der Waals surface area (Å²) in [5, 5.41) is 0. The minimum atomic E-state index is 0.504. The number of nitrogen functional groups attached to an aromatic ring is 1. The normalized spacial score (nSPS) is 11.0. The Morgan fingerprint density at radius 2 is 1.68 bits per heavy atom. The summed E-state index contributed by atoms with van der Waals surface area (Å²) in [5.74, 6) is 2.01. The number of nitrogens with two attached hydrogens (primary N) is 1. The number of benzene rings is 2. The first-order valence-corrected chi connectivity index (χ1v) is 9.77. The highest BCUT2D eigenvalue weighted by Crippen LogP contribution is 2.40. The lowest BCUT2D eigenvalue weighted by Crippen LogP contribution is -2.25. The third-order valence-electron chi connectivity index (χ3n) is 5.06. The van der Waals surface area contributed by atoms with Gasteiger partial charge in [0.25, 0.3) is 0 Å². The quantitative estimate of drug-likeness (QED) is 0.623. The van der Waals surface area contributed by atoms with Crippen LogP contribution >= 0.6 is 0 Å². The Labute approximate surface area is 166 Å². The first-order chi connectivity index (χ1) is 13.5. The number of hydrogen-bond acceptors (Lipinski definition) is 5. The summed E-state index contributed by atoms with van der Waals surface area (Å²) in [4.78, 5) is 7.11. The summed E-state index contributed by atoms with van der Waals surface area (Å²) in [6.07, 6.45) is 2.17. The van der Waals surface area contributed by atoms with Crippen LogP contribution in [0.3, 0.4) is 0 Å². The van der Waals surface area contributed by atoms with E-state index >= 15 is 0 Å². The van der Waals surface area contributed by atoms with Crippen LogP contribution in [-0.4, -0.2) is 36.9 Å². The maximum absolute atomic E-state index is 6.21. The average molecular weight is 383 g/mol. The maximum atomic E-state index is 6.21. The van der Waals surface area contributed by atoms with Gasteiger partial charge in [0.1, 0.15) is 17.0 Å². The molecule has 0 aliphatic rings. The smallest absolute Gasteiger partial charge is 0.201 e. The van der Waals surface area contributed by atoms with Crippen molar-refractivity contribution in [2.24, 2.45) is 7.05 Å². The lowest BCUT2D eigenvalue weighted by molar-refractivity contribution is 0.395. The lowest BCUT2D eigenvalue weighted by atomic mass is 10.0. The summed E-state index contributed by atoms with van der Waals surface area (Å²) in [6.45, 7) is 6.40. The Morgan fingerprint density at radius 1 is 1.00 bits per heavy atom. The second-order valence-corrected chi connectivity index (χ2v) is 6.91. The van der Waals surface area contributed by atoms with E-state index in [1.165, 1.54) is 5.69 Å². The van der Waals surface area contributed by atoms with E-state index in [9.17, 15) is 0 Å². The number of nitrogens with zero attached hydrogens (tertiary/aromatic N) is 3. The number of methoxy groups -OCH3 is 2. The van der Waals surface area contributed by atoms with Gasteiger partial charge >= 0.3 is 0 Å². The molecule has 0 aliphatic carbocycles. The Morgan fingerprint density at radius 3 is 2.29 bits per heavy atom. The van der Waals surface area contributed by atoms with Crippen molar-refractivity contribution in [2.75, 3.05) is 37.9 Å². The molecule has 6 nitrogen and oxygen atoms in total. The van der Waals surface area contributed by atoms with Crippen LogP contribution in [0.4, 0.5) is 11.6 Å². The molecule has 0 saturated heterocycles. The van der Waals surface area contributed by atoms with Crippen LogP contribution in [-0.2, 0) is 7.05 Å². The van der Waals surface area contributed by atoms with Gasteiger partial charge in [-0.25, -0.2) is 4.98 Å². The molecule has 0 fully saturated rings. The van der Waals surface area contributed by atoms with Crippen molar-refractivity contribution in [1.29, 1.82) is 0 Å². The topological polar surface area (TPSA) is 65.5 Å². The first-order valence-electron chi connectivity index (χ1n) is 9.77. The SMILES string of the molecule is CCCN(CCC)c1ccc(-c2ccc(OC)cc2OC)c2nc(N)n(C)c12. The van der Waals surface area contributed by atoms with Crippen molar-refractivity contribution in [3.05, 3.63) is 30.3 Å². The van der Waals surface area contributed by atoms with Crippen molar-refractivity contribution in [3.8, 4) is 22.6 Å². The van der Waals surface area contributed by atoms with Gasteiger partial charge in [-0.15, -0.1) is 0 Å². The molecule has 0 unspecified atom stereocenters. The molecule has 3 rings (SSSR count). The molecule has 150 valence electrons. The van der Waals surface area contributed by atoms with Gasteiger partial charge in [0.15, 0.2) is 0 Å². The van der Waals surface area contributed by atoms with Gasteiger partial charge in [-0.05, 0) is 37.1 Å². The van der Waals surface area contributed by atoms with E-state index in [1.807, 2.05) is 29.8 Å². The molecule has 0 aliphatic heterocycles. The number of aromatic nitrogens is 2. The minimum absolute atomic E-state index is 0.504. The Bertz CT molecular complexity index is 959. The Kier molecular flexibility index (Phi) is 5.97. The molecule has 1 heterocycles. The molecule has 3 aromatic rings. The fourth-order valence-electron chi connectivity index (χ4n) is 3.70. The number of rotatable bonds is 8. The van der Waals surface area contributed by atoms with Gasteiger partial charge in [-0.1, -0.05) is 13.8 Å². The van der Waals surface area contributed by atoms with E-state index in [0.29, 0.717) is 5.95 Å². The van der Waals surface area contributed by atoms with E-state index in [4.69, 9.17) is 20.2 Å². The number of imidazole rings is 1. The monoisotopic (exact) mass is 382 g/mol. The number of aryl methyl sites for hydroxylation is 1. The van der Waals surface area contributed by atoms with Crippen LogP contribution in [0.15, 0.2) is 30.3 Å². The van der Waals surface area contributed by atoms with E-state index < -0.39 is 0 Å². The van der Waals surface area contributed by atoms with Gasteiger partial charge < -0.3 is 24.7 Å².